The fraction of sp³-hybridized carbons (Fsp3) is 0.750. The minimum atomic E-state index is -3.03. The summed E-state index contributed by atoms with van der Waals surface area (Å²) in [5.74, 6) is -0.922. The molecule has 0 aliphatic heterocycles. The summed E-state index contributed by atoms with van der Waals surface area (Å²) in [6, 6.07) is 0. The third-order valence-electron chi connectivity index (χ3n) is 1.54. The van der Waals surface area contributed by atoms with Gasteiger partial charge in [0.15, 0.2) is 6.10 Å². The molecule has 0 spiro atoms. The van der Waals surface area contributed by atoms with Gasteiger partial charge in [0, 0.05) is 6.42 Å². The highest BCUT2D eigenvalue weighted by molar-refractivity contribution is 6.22. The minimum absolute atomic E-state index is 0.277. The van der Waals surface area contributed by atoms with E-state index in [9.17, 15) is 8.78 Å². The third kappa shape index (κ3) is 3.84. The standard InChI is InChI=1S/C8H14F2OSi/c1-2-3-5-8(9,10)7(11)4-6-12/h7,11H,2-3,5H2,1,12H3/t7-/m0/s1. The zero-order valence-corrected chi connectivity index (χ0v) is 9.40. The molecule has 1 nitrogen and oxygen atoms in total. The van der Waals surface area contributed by atoms with Crippen LogP contribution in [0.15, 0.2) is 0 Å². The number of hydrogen-bond donors (Lipinski definition) is 1. The van der Waals surface area contributed by atoms with Crippen LogP contribution in [0, 0.1) is 11.5 Å². The van der Waals surface area contributed by atoms with Crippen molar-refractivity contribution in [3.63, 3.8) is 0 Å². The number of hydrogen-bond acceptors (Lipinski definition) is 1. The van der Waals surface area contributed by atoms with Gasteiger partial charge in [-0.1, -0.05) is 19.3 Å². The number of unbranched alkanes of at least 4 members (excludes halogenated alkanes) is 1. The summed E-state index contributed by atoms with van der Waals surface area (Å²) in [7, 11) is 0.521. The number of aliphatic hydroxyl groups is 1. The smallest absolute Gasteiger partial charge is 0.284 e. The maximum atomic E-state index is 12.9. The lowest BCUT2D eigenvalue weighted by atomic mass is 10.1. The van der Waals surface area contributed by atoms with Crippen molar-refractivity contribution in [3.05, 3.63) is 0 Å². The molecule has 70 valence electrons. The van der Waals surface area contributed by atoms with Gasteiger partial charge in [-0.25, -0.2) is 8.78 Å². The zero-order chi connectivity index (χ0) is 9.61. The van der Waals surface area contributed by atoms with Crippen molar-refractivity contribution in [2.45, 2.75) is 38.2 Å². The molecule has 0 bridgehead atoms. The molecule has 0 unspecified atom stereocenters. The van der Waals surface area contributed by atoms with Gasteiger partial charge in [0.05, 0.1) is 10.2 Å². The second kappa shape index (κ2) is 5.28. The van der Waals surface area contributed by atoms with Crippen molar-refractivity contribution in [1.82, 2.24) is 0 Å². The van der Waals surface area contributed by atoms with E-state index in [1.54, 1.807) is 0 Å². The summed E-state index contributed by atoms with van der Waals surface area (Å²) in [6.45, 7) is 1.83. The Kier molecular flexibility index (Phi) is 5.10. The molecule has 0 saturated carbocycles. The normalized spacial score (nSPS) is 13.7. The molecular formula is C8H14F2OSi. The maximum Gasteiger partial charge on any atom is 0.284 e. The fourth-order valence-corrected chi connectivity index (χ4v) is 1.06. The average Bonchev–Trinajstić information content (AvgIpc) is 2.01. The van der Waals surface area contributed by atoms with Crippen molar-refractivity contribution in [3.8, 4) is 11.5 Å². The molecule has 0 heterocycles. The van der Waals surface area contributed by atoms with Crippen molar-refractivity contribution in [2.75, 3.05) is 0 Å². The molecule has 0 rings (SSSR count). The van der Waals surface area contributed by atoms with E-state index in [1.165, 1.54) is 0 Å². The average molecular weight is 192 g/mol. The molecule has 1 N–H and O–H groups in total. The molecule has 1 atom stereocenters. The van der Waals surface area contributed by atoms with Gasteiger partial charge < -0.3 is 5.11 Å². The SMILES string of the molecule is CCCCC(F)(F)[C@@H](O)C#C[SiH3]. The molecule has 0 aromatic rings. The summed E-state index contributed by atoms with van der Waals surface area (Å²) >= 11 is 0. The predicted molar refractivity (Wildman–Crippen MR) is 48.2 cm³/mol. The topological polar surface area (TPSA) is 20.2 Å². The molecule has 0 fully saturated rings. The number of rotatable bonds is 4. The number of aliphatic hydroxyl groups excluding tert-OH is 1. The van der Waals surface area contributed by atoms with Crippen LogP contribution in [-0.4, -0.2) is 27.4 Å². The van der Waals surface area contributed by atoms with Crippen molar-refractivity contribution in [1.29, 1.82) is 0 Å². The molecule has 4 heteroatoms. The van der Waals surface area contributed by atoms with Crippen LogP contribution in [0.2, 0.25) is 0 Å². The van der Waals surface area contributed by atoms with Gasteiger partial charge in [0.1, 0.15) is 0 Å². The van der Waals surface area contributed by atoms with E-state index < -0.39 is 12.0 Å². The Bertz CT molecular complexity index is 183. The van der Waals surface area contributed by atoms with E-state index in [0.29, 0.717) is 23.1 Å². The molecule has 0 aliphatic rings. The summed E-state index contributed by atoms with van der Waals surface area (Å²) in [6.07, 6.45) is -0.925. The fourth-order valence-electron chi connectivity index (χ4n) is 0.791. The number of halogens is 2. The van der Waals surface area contributed by atoms with Gasteiger partial charge in [-0.15, -0.1) is 5.54 Å². The van der Waals surface area contributed by atoms with Gasteiger partial charge >= 0.3 is 0 Å². The molecule has 0 aliphatic carbocycles. The zero-order valence-electron chi connectivity index (χ0n) is 7.40. The highest BCUT2D eigenvalue weighted by atomic mass is 28.1. The first-order valence-electron chi connectivity index (χ1n) is 4.02. The highest BCUT2D eigenvalue weighted by Crippen LogP contribution is 2.24. The first kappa shape index (κ1) is 11.6. The molecule has 0 radical (unpaired) electrons. The van der Waals surface area contributed by atoms with Crippen LogP contribution < -0.4 is 0 Å². The van der Waals surface area contributed by atoms with Crippen molar-refractivity contribution < 1.29 is 13.9 Å². The lowest BCUT2D eigenvalue weighted by Crippen LogP contribution is -2.32. The molecular weight excluding hydrogens is 178 g/mol. The highest BCUT2D eigenvalue weighted by Gasteiger charge is 2.36. The summed E-state index contributed by atoms with van der Waals surface area (Å²) in [4.78, 5) is 0. The lowest BCUT2D eigenvalue weighted by molar-refractivity contribution is -0.0887. The Hall–Kier alpha value is -0.403. The minimum Gasteiger partial charge on any atom is -0.374 e. The second-order valence-electron chi connectivity index (χ2n) is 2.66. The van der Waals surface area contributed by atoms with E-state index in [-0.39, 0.29) is 6.42 Å². The Morgan fingerprint density at radius 1 is 1.58 bits per heavy atom. The Morgan fingerprint density at radius 2 is 2.17 bits per heavy atom. The maximum absolute atomic E-state index is 12.9. The van der Waals surface area contributed by atoms with E-state index >= 15 is 0 Å². The Labute approximate surface area is 74.6 Å². The first-order valence-corrected chi connectivity index (χ1v) is 5.02. The molecule has 0 aromatic carbocycles. The van der Waals surface area contributed by atoms with Crippen LogP contribution in [0.1, 0.15) is 26.2 Å². The largest absolute Gasteiger partial charge is 0.374 e. The van der Waals surface area contributed by atoms with E-state index in [0.717, 1.165) is 0 Å². The summed E-state index contributed by atoms with van der Waals surface area (Å²) < 4.78 is 25.7. The van der Waals surface area contributed by atoms with Crippen molar-refractivity contribution in [2.24, 2.45) is 0 Å². The third-order valence-corrected chi connectivity index (χ3v) is 1.83. The van der Waals surface area contributed by atoms with Crippen molar-refractivity contribution >= 4 is 10.2 Å². The molecule has 0 saturated heterocycles. The second-order valence-corrected chi connectivity index (χ2v) is 3.16. The number of alkyl halides is 2. The molecule has 0 aromatic heterocycles. The quantitative estimate of drug-likeness (QED) is 0.508. The monoisotopic (exact) mass is 192 g/mol. The Balaban J connectivity index is 4.05. The summed E-state index contributed by atoms with van der Waals surface area (Å²) in [5, 5.41) is 8.90. The van der Waals surface area contributed by atoms with Crippen LogP contribution in [0.3, 0.4) is 0 Å². The summed E-state index contributed by atoms with van der Waals surface area (Å²) in [5.41, 5.74) is 2.41. The van der Waals surface area contributed by atoms with Gasteiger partial charge in [-0.2, -0.15) is 0 Å². The van der Waals surface area contributed by atoms with Gasteiger partial charge in [-0.3, -0.25) is 0 Å². The van der Waals surface area contributed by atoms with E-state index in [2.05, 4.69) is 11.5 Å². The van der Waals surface area contributed by atoms with Gasteiger partial charge in [0.2, 0.25) is 0 Å². The van der Waals surface area contributed by atoms with Gasteiger partial charge in [-0.05, 0) is 6.42 Å². The Morgan fingerprint density at radius 3 is 2.58 bits per heavy atom. The molecule has 12 heavy (non-hydrogen) atoms. The lowest BCUT2D eigenvalue weighted by Gasteiger charge is -2.17. The van der Waals surface area contributed by atoms with Gasteiger partial charge in [0.25, 0.3) is 5.92 Å². The van der Waals surface area contributed by atoms with Crippen LogP contribution in [0.4, 0.5) is 8.78 Å². The van der Waals surface area contributed by atoms with Crippen LogP contribution >= 0.6 is 0 Å². The van der Waals surface area contributed by atoms with Crippen LogP contribution in [-0.2, 0) is 0 Å². The first-order chi connectivity index (χ1) is 5.54. The van der Waals surface area contributed by atoms with Crippen LogP contribution in [0.5, 0.6) is 0 Å². The predicted octanol–water partition coefficient (Wildman–Crippen LogP) is 0.499. The van der Waals surface area contributed by atoms with E-state index in [4.69, 9.17) is 5.11 Å². The van der Waals surface area contributed by atoms with Crippen LogP contribution in [0.25, 0.3) is 0 Å². The van der Waals surface area contributed by atoms with E-state index in [1.807, 2.05) is 6.92 Å². The molecule has 0 amide bonds.